The molecule has 0 spiro atoms. The van der Waals surface area contributed by atoms with Gasteiger partial charge in [0, 0.05) is 18.7 Å². The van der Waals surface area contributed by atoms with Crippen LogP contribution in [0.4, 0.5) is 0 Å². The van der Waals surface area contributed by atoms with Gasteiger partial charge in [-0.1, -0.05) is 12.1 Å². The third-order valence-electron chi connectivity index (χ3n) is 2.58. The summed E-state index contributed by atoms with van der Waals surface area (Å²) in [5.74, 6) is -0.140. The molecule has 1 rings (SSSR count). The van der Waals surface area contributed by atoms with Crippen LogP contribution in [0.3, 0.4) is 0 Å². The lowest BCUT2D eigenvalue weighted by molar-refractivity contribution is 0.101. The van der Waals surface area contributed by atoms with E-state index < -0.39 is 20.0 Å². The number of nitrogens with one attached hydrogen (secondary N) is 2. The average Bonchev–Trinajstić information content (AvgIpc) is 2.37. The highest BCUT2D eigenvalue weighted by molar-refractivity contribution is 7.89. The number of carbonyl (C=O) groups is 1. The van der Waals surface area contributed by atoms with Crippen molar-refractivity contribution in [3.63, 3.8) is 0 Å². The lowest BCUT2D eigenvalue weighted by Crippen LogP contribution is -2.29. The van der Waals surface area contributed by atoms with Gasteiger partial charge in [-0.15, -0.1) is 0 Å². The molecule has 2 N–H and O–H groups in total. The molecule has 0 aromatic heterocycles. The van der Waals surface area contributed by atoms with E-state index in [0.717, 1.165) is 6.26 Å². The Morgan fingerprint density at radius 1 is 1.00 bits per heavy atom. The number of hydrogen-bond donors (Lipinski definition) is 2. The first kappa shape index (κ1) is 17.8. The number of ketones is 1. The van der Waals surface area contributed by atoms with Crippen LogP contribution in [-0.2, 0) is 20.0 Å². The Balaban J connectivity index is 2.55. The van der Waals surface area contributed by atoms with Crippen molar-refractivity contribution in [3.8, 4) is 0 Å². The summed E-state index contributed by atoms with van der Waals surface area (Å²) in [5.41, 5.74) is 0.436. The number of benzene rings is 1. The molecule has 118 valence electrons. The van der Waals surface area contributed by atoms with Crippen LogP contribution in [0, 0.1) is 0 Å². The molecule has 7 nitrogen and oxygen atoms in total. The first-order valence-corrected chi connectivity index (χ1v) is 9.54. The standard InChI is InChI=1S/C12H18N2O5S2/c1-10(15)11-4-6-12(7-5-11)21(18,19)14-9-3-8-13-20(2,16)17/h4-7,13-14H,3,8-9H2,1-2H3. The Morgan fingerprint density at radius 2 is 1.52 bits per heavy atom. The maximum Gasteiger partial charge on any atom is 0.240 e. The molecule has 0 atom stereocenters. The van der Waals surface area contributed by atoms with E-state index in [1.807, 2.05) is 0 Å². The average molecular weight is 334 g/mol. The van der Waals surface area contributed by atoms with Crippen molar-refractivity contribution in [2.24, 2.45) is 0 Å². The number of rotatable bonds is 8. The number of carbonyl (C=O) groups excluding carboxylic acids is 1. The molecular weight excluding hydrogens is 316 g/mol. The minimum absolute atomic E-state index is 0.0589. The number of Topliss-reactive ketones (excluding diaryl/α,β-unsaturated/α-hetero) is 1. The van der Waals surface area contributed by atoms with Gasteiger partial charge in [-0.2, -0.15) is 0 Å². The highest BCUT2D eigenvalue weighted by Gasteiger charge is 2.13. The van der Waals surface area contributed by atoms with Gasteiger partial charge in [0.25, 0.3) is 0 Å². The first-order valence-electron chi connectivity index (χ1n) is 6.17. The molecule has 0 saturated carbocycles. The van der Waals surface area contributed by atoms with E-state index in [1.165, 1.54) is 31.2 Å². The Kier molecular flexibility index (Phi) is 6.02. The van der Waals surface area contributed by atoms with Gasteiger partial charge in [-0.05, 0) is 25.5 Å². The summed E-state index contributed by atoms with van der Waals surface area (Å²) in [6.07, 6.45) is 1.37. The van der Waals surface area contributed by atoms with Crippen molar-refractivity contribution in [2.45, 2.75) is 18.2 Å². The highest BCUT2D eigenvalue weighted by atomic mass is 32.2. The summed E-state index contributed by atoms with van der Waals surface area (Å²) in [4.78, 5) is 11.2. The summed E-state index contributed by atoms with van der Waals surface area (Å²) in [6.45, 7) is 1.67. The molecule has 9 heteroatoms. The van der Waals surface area contributed by atoms with Crippen molar-refractivity contribution >= 4 is 25.8 Å². The Bertz CT molecular complexity index is 694. The maximum absolute atomic E-state index is 11.9. The summed E-state index contributed by atoms with van der Waals surface area (Å²) in [6, 6.07) is 5.60. The second kappa shape index (κ2) is 7.12. The molecule has 1 aromatic rings. The van der Waals surface area contributed by atoms with Gasteiger partial charge >= 0.3 is 0 Å². The molecule has 0 amide bonds. The highest BCUT2D eigenvalue weighted by Crippen LogP contribution is 2.10. The molecule has 1 aromatic carbocycles. The molecule has 0 radical (unpaired) electrons. The van der Waals surface area contributed by atoms with Crippen molar-refractivity contribution in [1.29, 1.82) is 0 Å². The van der Waals surface area contributed by atoms with Gasteiger partial charge in [0.15, 0.2) is 5.78 Å². The van der Waals surface area contributed by atoms with E-state index in [0.29, 0.717) is 12.0 Å². The van der Waals surface area contributed by atoms with Crippen molar-refractivity contribution in [2.75, 3.05) is 19.3 Å². The van der Waals surface area contributed by atoms with Crippen LogP contribution in [0.25, 0.3) is 0 Å². The minimum atomic E-state index is -3.66. The Morgan fingerprint density at radius 3 is 2.00 bits per heavy atom. The molecule has 0 aliphatic heterocycles. The molecule has 0 bridgehead atoms. The van der Waals surface area contributed by atoms with Crippen molar-refractivity contribution in [3.05, 3.63) is 29.8 Å². The smallest absolute Gasteiger partial charge is 0.240 e. The Labute approximate surface area is 124 Å². The first-order chi connectivity index (χ1) is 9.62. The topological polar surface area (TPSA) is 109 Å². The molecule has 0 aliphatic rings. The number of sulfonamides is 2. The molecule has 0 heterocycles. The van der Waals surface area contributed by atoms with Crippen LogP contribution >= 0.6 is 0 Å². The summed E-state index contributed by atoms with van der Waals surface area (Å²) in [7, 11) is -6.92. The van der Waals surface area contributed by atoms with Gasteiger partial charge in [-0.25, -0.2) is 26.3 Å². The van der Waals surface area contributed by atoms with Crippen molar-refractivity contribution in [1.82, 2.24) is 9.44 Å². The second-order valence-electron chi connectivity index (χ2n) is 4.50. The third kappa shape index (κ3) is 6.34. The minimum Gasteiger partial charge on any atom is -0.295 e. The fraction of sp³-hybridized carbons (Fsp3) is 0.417. The quantitative estimate of drug-likeness (QED) is 0.518. The van der Waals surface area contributed by atoms with E-state index in [4.69, 9.17) is 0 Å². The van der Waals surface area contributed by atoms with E-state index in [1.54, 1.807) is 0 Å². The molecular formula is C12H18N2O5S2. The van der Waals surface area contributed by atoms with E-state index in [9.17, 15) is 21.6 Å². The van der Waals surface area contributed by atoms with Gasteiger partial charge in [0.1, 0.15) is 0 Å². The summed E-state index contributed by atoms with van der Waals surface area (Å²) < 4.78 is 50.2. The second-order valence-corrected chi connectivity index (χ2v) is 8.10. The van der Waals surface area contributed by atoms with Crippen LogP contribution in [0.1, 0.15) is 23.7 Å². The van der Waals surface area contributed by atoms with E-state index >= 15 is 0 Å². The molecule has 0 unspecified atom stereocenters. The third-order valence-corrected chi connectivity index (χ3v) is 4.79. The zero-order chi connectivity index (χ0) is 16.1. The normalized spacial score (nSPS) is 12.3. The van der Waals surface area contributed by atoms with Gasteiger partial charge in [0.2, 0.25) is 20.0 Å². The fourth-order valence-corrected chi connectivity index (χ4v) is 3.09. The Hall–Kier alpha value is -1.29. The molecule has 0 saturated heterocycles. The van der Waals surface area contributed by atoms with Crippen LogP contribution in [0.5, 0.6) is 0 Å². The van der Waals surface area contributed by atoms with Crippen LogP contribution in [0.15, 0.2) is 29.2 Å². The predicted molar refractivity (Wildman–Crippen MR) is 79.1 cm³/mol. The molecule has 21 heavy (non-hydrogen) atoms. The molecule has 0 aliphatic carbocycles. The van der Waals surface area contributed by atoms with Gasteiger partial charge in [-0.3, -0.25) is 4.79 Å². The number of hydrogen-bond acceptors (Lipinski definition) is 5. The summed E-state index contributed by atoms with van der Waals surface area (Å²) in [5, 5.41) is 0. The van der Waals surface area contributed by atoms with Crippen molar-refractivity contribution < 1.29 is 21.6 Å². The zero-order valence-electron chi connectivity index (χ0n) is 11.8. The lowest BCUT2D eigenvalue weighted by Gasteiger charge is -2.07. The van der Waals surface area contributed by atoms with E-state index in [-0.39, 0.29) is 23.8 Å². The van der Waals surface area contributed by atoms with Crippen LogP contribution in [-0.4, -0.2) is 42.0 Å². The zero-order valence-corrected chi connectivity index (χ0v) is 13.4. The maximum atomic E-state index is 11.9. The largest absolute Gasteiger partial charge is 0.295 e. The van der Waals surface area contributed by atoms with Gasteiger partial charge in [0.05, 0.1) is 11.2 Å². The SMILES string of the molecule is CC(=O)c1ccc(S(=O)(=O)NCCCNS(C)(=O)=O)cc1. The summed E-state index contributed by atoms with van der Waals surface area (Å²) >= 11 is 0. The van der Waals surface area contributed by atoms with Crippen LogP contribution < -0.4 is 9.44 Å². The van der Waals surface area contributed by atoms with Crippen LogP contribution in [0.2, 0.25) is 0 Å². The predicted octanol–water partition coefficient (Wildman–Crippen LogP) is 0.107. The fourth-order valence-electron chi connectivity index (χ4n) is 1.50. The monoisotopic (exact) mass is 334 g/mol. The lowest BCUT2D eigenvalue weighted by atomic mass is 10.2. The van der Waals surface area contributed by atoms with Gasteiger partial charge < -0.3 is 0 Å². The van der Waals surface area contributed by atoms with E-state index in [2.05, 4.69) is 9.44 Å². The molecule has 0 fully saturated rings.